The lowest BCUT2D eigenvalue weighted by atomic mass is 10.1. The topological polar surface area (TPSA) is 94.2 Å². The Morgan fingerprint density at radius 1 is 1.19 bits per heavy atom. The summed E-state index contributed by atoms with van der Waals surface area (Å²) < 4.78 is 5.76. The first-order valence-corrected chi connectivity index (χ1v) is 10.3. The molecule has 1 saturated heterocycles. The molecule has 2 heterocycles. The van der Waals surface area contributed by atoms with Crippen molar-refractivity contribution in [2.24, 2.45) is 0 Å². The van der Waals surface area contributed by atoms with Crippen LogP contribution in [-0.4, -0.2) is 46.5 Å². The second kappa shape index (κ2) is 8.59. The minimum atomic E-state index is -0.411. The van der Waals surface area contributed by atoms with Gasteiger partial charge in [-0.25, -0.2) is 4.79 Å². The van der Waals surface area contributed by atoms with Crippen molar-refractivity contribution < 1.29 is 9.53 Å². The van der Waals surface area contributed by atoms with E-state index in [1.165, 1.54) is 23.5 Å². The normalized spacial score (nSPS) is 14.8. The first kappa shape index (κ1) is 18.8. The fourth-order valence-electron chi connectivity index (χ4n) is 2.36. The highest BCUT2D eigenvalue weighted by atomic mass is 32.2. The van der Waals surface area contributed by atoms with Crippen molar-refractivity contribution in [3.8, 4) is 0 Å². The van der Waals surface area contributed by atoms with Gasteiger partial charge in [-0.3, -0.25) is 0 Å². The molecule has 9 heteroatoms. The predicted molar refractivity (Wildman–Crippen MR) is 106 cm³/mol. The molecule has 1 aliphatic rings. The van der Waals surface area contributed by atoms with Crippen LogP contribution >= 0.6 is 23.5 Å². The number of hydrogen-bond acceptors (Lipinski definition) is 9. The summed E-state index contributed by atoms with van der Waals surface area (Å²) in [6.07, 6.45) is 1.26. The Morgan fingerprint density at radius 3 is 2.54 bits per heavy atom. The molecule has 138 valence electrons. The number of nitrogens with two attached hydrogens (primary N) is 1. The summed E-state index contributed by atoms with van der Waals surface area (Å²) >= 11 is 3.90. The number of benzene rings is 1. The minimum Gasteiger partial charge on any atom is -0.454 e. The Bertz CT molecular complexity index is 764. The zero-order valence-electron chi connectivity index (χ0n) is 14.7. The molecule has 0 atom stereocenters. The number of hydrogen-bond donors (Lipinski definition) is 1. The van der Waals surface area contributed by atoms with Gasteiger partial charge in [0.1, 0.15) is 0 Å². The van der Waals surface area contributed by atoms with Crippen molar-refractivity contribution >= 4 is 41.4 Å². The Morgan fingerprint density at radius 2 is 1.88 bits per heavy atom. The molecule has 7 nitrogen and oxygen atoms in total. The van der Waals surface area contributed by atoms with E-state index in [4.69, 9.17) is 10.5 Å². The average Bonchev–Trinajstić information content (AvgIpc) is 2.66. The number of rotatable bonds is 5. The number of ether oxygens (including phenoxy) is 1. The maximum Gasteiger partial charge on any atom is 0.338 e. The fourth-order valence-corrected chi connectivity index (χ4v) is 5.25. The van der Waals surface area contributed by atoms with Crippen molar-refractivity contribution in [3.05, 3.63) is 41.2 Å². The van der Waals surface area contributed by atoms with Gasteiger partial charge in [0.25, 0.3) is 0 Å². The summed E-state index contributed by atoms with van der Waals surface area (Å²) in [5, 5.41) is 0. The minimum absolute atomic E-state index is 0.0531. The van der Waals surface area contributed by atoms with E-state index >= 15 is 0 Å². The number of nitrogen functional groups attached to an aromatic ring is 1. The highest BCUT2D eigenvalue weighted by Gasteiger charge is 2.17. The molecule has 0 saturated carbocycles. The van der Waals surface area contributed by atoms with E-state index in [1.807, 2.05) is 35.7 Å². The molecular weight excluding hydrogens is 370 g/mol. The van der Waals surface area contributed by atoms with Crippen LogP contribution in [0.2, 0.25) is 0 Å². The number of nitrogens with zero attached hydrogens (tertiary/aromatic N) is 4. The van der Waals surface area contributed by atoms with Gasteiger partial charge < -0.3 is 15.4 Å². The van der Waals surface area contributed by atoms with E-state index in [1.54, 1.807) is 31.1 Å². The Balaban J connectivity index is 1.61. The highest BCUT2D eigenvalue weighted by Crippen LogP contribution is 2.43. The summed E-state index contributed by atoms with van der Waals surface area (Å²) in [5.41, 5.74) is 7.41. The molecule has 0 spiro atoms. The molecule has 0 bridgehead atoms. The lowest BCUT2D eigenvalue weighted by Crippen LogP contribution is -2.17. The van der Waals surface area contributed by atoms with Crippen LogP contribution in [0.25, 0.3) is 0 Å². The molecule has 1 fully saturated rings. The SMILES string of the molecule is CN(C)c1nc(N)nc(COC(=O)c2ccc(C3SCCCS3)cc2)n1. The van der Waals surface area contributed by atoms with E-state index in [0.717, 1.165) is 0 Å². The van der Waals surface area contributed by atoms with Gasteiger partial charge >= 0.3 is 5.97 Å². The number of esters is 1. The largest absolute Gasteiger partial charge is 0.454 e. The number of anilines is 2. The molecule has 3 rings (SSSR count). The quantitative estimate of drug-likeness (QED) is 0.772. The van der Waals surface area contributed by atoms with Crippen molar-refractivity contribution in [3.63, 3.8) is 0 Å². The molecule has 26 heavy (non-hydrogen) atoms. The summed E-state index contributed by atoms with van der Waals surface area (Å²) in [4.78, 5) is 26.2. The third-order valence-corrected chi connectivity index (χ3v) is 6.68. The van der Waals surface area contributed by atoms with Gasteiger partial charge in [0.05, 0.1) is 10.1 Å². The fraction of sp³-hybridized carbons (Fsp3) is 0.412. The third-order valence-electron chi connectivity index (χ3n) is 3.67. The van der Waals surface area contributed by atoms with Gasteiger partial charge in [-0.1, -0.05) is 12.1 Å². The summed E-state index contributed by atoms with van der Waals surface area (Å²) in [7, 11) is 3.60. The van der Waals surface area contributed by atoms with E-state index in [0.29, 0.717) is 21.9 Å². The number of thioether (sulfide) groups is 2. The average molecular weight is 392 g/mol. The monoisotopic (exact) mass is 391 g/mol. The number of carbonyl (C=O) groups excluding carboxylic acids is 1. The zero-order valence-corrected chi connectivity index (χ0v) is 16.3. The summed E-state index contributed by atoms with van der Waals surface area (Å²) in [6, 6.07) is 7.61. The molecule has 2 aromatic rings. The van der Waals surface area contributed by atoms with Gasteiger partial charge in [-0.05, 0) is 35.6 Å². The lowest BCUT2D eigenvalue weighted by molar-refractivity contribution is 0.0462. The van der Waals surface area contributed by atoms with Gasteiger partial charge in [-0.2, -0.15) is 15.0 Å². The second-order valence-electron chi connectivity index (χ2n) is 5.93. The smallest absolute Gasteiger partial charge is 0.338 e. The molecule has 1 aliphatic heterocycles. The van der Waals surface area contributed by atoms with Crippen molar-refractivity contribution in [1.82, 2.24) is 15.0 Å². The molecule has 1 aromatic heterocycles. The van der Waals surface area contributed by atoms with Crippen molar-refractivity contribution in [2.45, 2.75) is 17.6 Å². The molecule has 1 aromatic carbocycles. The van der Waals surface area contributed by atoms with E-state index in [9.17, 15) is 4.79 Å². The Kier molecular flexibility index (Phi) is 6.20. The van der Waals surface area contributed by atoms with Gasteiger partial charge in [0, 0.05) is 14.1 Å². The van der Waals surface area contributed by atoms with Crippen LogP contribution in [0.1, 0.15) is 32.7 Å². The van der Waals surface area contributed by atoms with Crippen LogP contribution in [0.5, 0.6) is 0 Å². The zero-order chi connectivity index (χ0) is 18.5. The molecule has 0 unspecified atom stereocenters. The van der Waals surface area contributed by atoms with E-state index in [2.05, 4.69) is 15.0 Å². The van der Waals surface area contributed by atoms with Crippen LogP contribution in [-0.2, 0) is 11.3 Å². The maximum absolute atomic E-state index is 12.3. The molecule has 2 N–H and O–H groups in total. The van der Waals surface area contributed by atoms with Crippen molar-refractivity contribution in [1.29, 1.82) is 0 Å². The van der Waals surface area contributed by atoms with E-state index < -0.39 is 5.97 Å². The van der Waals surface area contributed by atoms with Crippen LogP contribution in [0.15, 0.2) is 24.3 Å². The van der Waals surface area contributed by atoms with Crippen LogP contribution in [0, 0.1) is 0 Å². The van der Waals surface area contributed by atoms with E-state index in [-0.39, 0.29) is 12.6 Å². The first-order chi connectivity index (χ1) is 12.5. The predicted octanol–water partition coefficient (Wildman–Crippen LogP) is 2.75. The van der Waals surface area contributed by atoms with Gasteiger partial charge in [0.2, 0.25) is 11.9 Å². The number of aromatic nitrogens is 3. The molecular formula is C17H21N5O2S2. The number of carbonyl (C=O) groups is 1. The standard InChI is InChI=1S/C17H21N5O2S2/c1-22(2)17-20-13(19-16(18)21-17)10-24-14(23)11-4-6-12(7-5-11)15-25-8-3-9-26-15/h4-7,15H,3,8-10H2,1-2H3,(H2,18,19,20,21). The molecule has 0 aliphatic carbocycles. The summed E-state index contributed by atoms with van der Waals surface area (Å²) in [6.45, 7) is -0.0531. The van der Waals surface area contributed by atoms with Gasteiger partial charge in [-0.15, -0.1) is 23.5 Å². The lowest BCUT2D eigenvalue weighted by Gasteiger charge is -2.21. The Hall–Kier alpha value is -2.00. The van der Waals surface area contributed by atoms with Crippen LogP contribution in [0.3, 0.4) is 0 Å². The third kappa shape index (κ3) is 4.79. The van der Waals surface area contributed by atoms with Gasteiger partial charge in [0.15, 0.2) is 12.4 Å². The summed E-state index contributed by atoms with van der Waals surface area (Å²) in [5.74, 6) is 2.81. The maximum atomic E-state index is 12.3. The van der Waals surface area contributed by atoms with Crippen LogP contribution < -0.4 is 10.6 Å². The second-order valence-corrected chi connectivity index (χ2v) is 8.65. The Labute approximate surface area is 161 Å². The molecule has 0 radical (unpaired) electrons. The first-order valence-electron chi connectivity index (χ1n) is 8.21. The van der Waals surface area contributed by atoms with Crippen LogP contribution in [0.4, 0.5) is 11.9 Å². The molecule has 0 amide bonds. The highest BCUT2D eigenvalue weighted by molar-refractivity contribution is 8.16. The van der Waals surface area contributed by atoms with Crippen molar-refractivity contribution in [2.75, 3.05) is 36.2 Å².